The van der Waals surface area contributed by atoms with Crippen molar-refractivity contribution in [3.05, 3.63) is 30.1 Å². The maximum atomic E-state index is 6.05. The Morgan fingerprint density at radius 3 is 2.57 bits per heavy atom. The van der Waals surface area contributed by atoms with Crippen LogP contribution in [-0.2, 0) is 6.54 Å². The average molecular weight is 211 g/mol. The number of aromatic nitrogens is 1. The van der Waals surface area contributed by atoms with E-state index in [0.717, 1.165) is 32.5 Å². The molecule has 76 valence electrons. The molecular weight excluding hydrogens is 196 g/mol. The highest BCUT2D eigenvalue weighted by atomic mass is 35.5. The van der Waals surface area contributed by atoms with E-state index in [1.54, 1.807) is 0 Å². The van der Waals surface area contributed by atoms with E-state index in [0.29, 0.717) is 5.38 Å². The molecule has 0 N–H and O–H groups in total. The van der Waals surface area contributed by atoms with Gasteiger partial charge in [-0.1, -0.05) is 0 Å². The van der Waals surface area contributed by atoms with Crippen molar-refractivity contribution in [1.29, 1.82) is 0 Å². The third-order valence-electron chi connectivity index (χ3n) is 2.67. The Morgan fingerprint density at radius 2 is 1.93 bits per heavy atom. The van der Waals surface area contributed by atoms with E-state index in [4.69, 9.17) is 11.6 Å². The quantitative estimate of drug-likeness (QED) is 0.697. The second-order valence-corrected chi connectivity index (χ2v) is 4.42. The first-order chi connectivity index (χ1) is 6.84. The van der Waals surface area contributed by atoms with Gasteiger partial charge in [0.1, 0.15) is 0 Å². The molecule has 2 heterocycles. The van der Waals surface area contributed by atoms with Gasteiger partial charge < -0.3 is 0 Å². The van der Waals surface area contributed by atoms with Gasteiger partial charge in [0, 0.05) is 24.3 Å². The minimum Gasteiger partial charge on any atom is -0.299 e. The molecular formula is C11H15ClN2. The molecule has 2 nitrogen and oxygen atoms in total. The predicted molar refractivity (Wildman–Crippen MR) is 58.4 cm³/mol. The highest BCUT2D eigenvalue weighted by Crippen LogP contribution is 2.17. The van der Waals surface area contributed by atoms with E-state index in [2.05, 4.69) is 22.0 Å². The summed E-state index contributed by atoms with van der Waals surface area (Å²) in [7, 11) is 0. The normalized spacial score (nSPS) is 19.8. The van der Waals surface area contributed by atoms with Crippen molar-refractivity contribution < 1.29 is 0 Å². The molecule has 1 aromatic heterocycles. The van der Waals surface area contributed by atoms with Crippen LogP contribution in [0.5, 0.6) is 0 Å². The van der Waals surface area contributed by atoms with Crippen LogP contribution >= 0.6 is 11.6 Å². The number of hydrogen-bond donors (Lipinski definition) is 0. The molecule has 0 unspecified atom stereocenters. The number of alkyl halides is 1. The Balaban J connectivity index is 1.87. The summed E-state index contributed by atoms with van der Waals surface area (Å²) >= 11 is 6.05. The Morgan fingerprint density at radius 1 is 1.29 bits per heavy atom. The molecule has 0 spiro atoms. The number of halogens is 1. The van der Waals surface area contributed by atoms with Crippen LogP contribution in [0.3, 0.4) is 0 Å². The number of nitrogens with zero attached hydrogens (tertiary/aromatic N) is 2. The van der Waals surface area contributed by atoms with E-state index < -0.39 is 0 Å². The Hall–Kier alpha value is -0.600. The predicted octanol–water partition coefficient (Wildman–Crippen LogP) is 2.28. The van der Waals surface area contributed by atoms with Gasteiger partial charge in [0.05, 0.1) is 0 Å². The average Bonchev–Trinajstić information content (AvgIpc) is 2.23. The lowest BCUT2D eigenvalue weighted by atomic mass is 10.1. The topological polar surface area (TPSA) is 16.1 Å². The van der Waals surface area contributed by atoms with Crippen LogP contribution in [0.25, 0.3) is 0 Å². The van der Waals surface area contributed by atoms with Crippen LogP contribution in [0.1, 0.15) is 18.4 Å². The summed E-state index contributed by atoms with van der Waals surface area (Å²) < 4.78 is 0. The molecule has 0 aromatic carbocycles. The minimum atomic E-state index is 0.392. The van der Waals surface area contributed by atoms with Crippen LogP contribution in [0.4, 0.5) is 0 Å². The van der Waals surface area contributed by atoms with Crippen molar-refractivity contribution in [2.24, 2.45) is 0 Å². The van der Waals surface area contributed by atoms with Crippen molar-refractivity contribution in [3.63, 3.8) is 0 Å². The fourth-order valence-electron chi connectivity index (χ4n) is 1.81. The summed E-state index contributed by atoms with van der Waals surface area (Å²) in [5.41, 5.74) is 1.34. The lowest BCUT2D eigenvalue weighted by molar-refractivity contribution is 0.223. The Bertz CT molecular complexity index is 268. The highest BCUT2D eigenvalue weighted by Gasteiger charge is 2.16. The molecule has 0 radical (unpaired) electrons. The molecule has 0 aliphatic carbocycles. The van der Waals surface area contributed by atoms with Gasteiger partial charge in [0.25, 0.3) is 0 Å². The van der Waals surface area contributed by atoms with E-state index in [1.165, 1.54) is 5.56 Å². The third kappa shape index (κ3) is 2.69. The standard InChI is InChI=1S/C11H15ClN2/c12-11-3-7-14(8-4-11)9-10-1-5-13-6-2-10/h1-2,5-6,11H,3-4,7-9H2. The lowest BCUT2D eigenvalue weighted by Crippen LogP contribution is -2.33. The molecule has 1 aliphatic heterocycles. The van der Waals surface area contributed by atoms with Gasteiger partial charge in [-0.25, -0.2) is 0 Å². The first-order valence-electron chi connectivity index (χ1n) is 5.10. The molecule has 0 atom stereocenters. The van der Waals surface area contributed by atoms with Gasteiger partial charge in [-0.3, -0.25) is 9.88 Å². The summed E-state index contributed by atoms with van der Waals surface area (Å²) in [5, 5.41) is 0.392. The molecule has 0 bridgehead atoms. The van der Waals surface area contributed by atoms with E-state index in [9.17, 15) is 0 Å². The van der Waals surface area contributed by atoms with Crippen molar-refractivity contribution in [2.45, 2.75) is 24.8 Å². The van der Waals surface area contributed by atoms with Gasteiger partial charge >= 0.3 is 0 Å². The maximum Gasteiger partial charge on any atom is 0.0360 e. The maximum absolute atomic E-state index is 6.05. The summed E-state index contributed by atoms with van der Waals surface area (Å²) in [4.78, 5) is 6.46. The molecule has 0 saturated carbocycles. The fourth-order valence-corrected chi connectivity index (χ4v) is 2.00. The zero-order chi connectivity index (χ0) is 9.80. The number of rotatable bonds is 2. The Labute approximate surface area is 89.9 Å². The number of hydrogen-bond acceptors (Lipinski definition) is 2. The van der Waals surface area contributed by atoms with Gasteiger partial charge in [-0.2, -0.15) is 0 Å². The minimum absolute atomic E-state index is 0.392. The van der Waals surface area contributed by atoms with Gasteiger partial charge in [0.15, 0.2) is 0 Å². The SMILES string of the molecule is ClC1CCN(Cc2ccncc2)CC1. The summed E-state index contributed by atoms with van der Waals surface area (Å²) in [5.74, 6) is 0. The molecule has 3 heteroatoms. The van der Waals surface area contributed by atoms with E-state index >= 15 is 0 Å². The van der Waals surface area contributed by atoms with E-state index in [1.807, 2.05) is 12.4 Å². The van der Waals surface area contributed by atoms with Crippen LogP contribution in [-0.4, -0.2) is 28.4 Å². The van der Waals surface area contributed by atoms with Crippen LogP contribution in [0.15, 0.2) is 24.5 Å². The highest BCUT2D eigenvalue weighted by molar-refractivity contribution is 6.20. The molecule has 1 fully saturated rings. The number of pyridine rings is 1. The largest absolute Gasteiger partial charge is 0.299 e. The molecule has 1 aliphatic rings. The molecule has 0 amide bonds. The molecule has 1 saturated heterocycles. The lowest BCUT2D eigenvalue weighted by Gasteiger charge is -2.29. The van der Waals surface area contributed by atoms with Crippen LogP contribution in [0.2, 0.25) is 0 Å². The van der Waals surface area contributed by atoms with Gasteiger partial charge in [0.2, 0.25) is 0 Å². The van der Waals surface area contributed by atoms with Crippen molar-refractivity contribution in [2.75, 3.05) is 13.1 Å². The van der Waals surface area contributed by atoms with Crippen LogP contribution in [0, 0.1) is 0 Å². The second kappa shape index (κ2) is 4.76. The molecule has 14 heavy (non-hydrogen) atoms. The molecule has 2 rings (SSSR count). The Kier molecular flexibility index (Phi) is 3.38. The van der Waals surface area contributed by atoms with E-state index in [-0.39, 0.29) is 0 Å². The zero-order valence-electron chi connectivity index (χ0n) is 8.19. The number of piperidine rings is 1. The monoisotopic (exact) mass is 210 g/mol. The summed E-state index contributed by atoms with van der Waals surface area (Å²) in [6, 6.07) is 4.15. The zero-order valence-corrected chi connectivity index (χ0v) is 8.95. The first-order valence-corrected chi connectivity index (χ1v) is 5.53. The van der Waals surface area contributed by atoms with Crippen molar-refractivity contribution >= 4 is 11.6 Å². The van der Waals surface area contributed by atoms with Crippen LogP contribution < -0.4 is 0 Å². The van der Waals surface area contributed by atoms with Gasteiger partial charge in [-0.05, 0) is 43.6 Å². The third-order valence-corrected chi connectivity index (χ3v) is 3.11. The summed E-state index contributed by atoms with van der Waals surface area (Å²) in [6.07, 6.45) is 5.94. The first kappa shape index (κ1) is 9.94. The summed E-state index contributed by atoms with van der Waals surface area (Å²) in [6.45, 7) is 3.28. The smallest absolute Gasteiger partial charge is 0.0360 e. The van der Waals surface area contributed by atoms with Gasteiger partial charge in [-0.15, -0.1) is 11.6 Å². The molecule has 1 aromatic rings. The van der Waals surface area contributed by atoms with Crippen molar-refractivity contribution in [3.8, 4) is 0 Å². The number of likely N-dealkylation sites (tertiary alicyclic amines) is 1. The van der Waals surface area contributed by atoms with Crippen molar-refractivity contribution in [1.82, 2.24) is 9.88 Å². The fraction of sp³-hybridized carbons (Fsp3) is 0.545. The second-order valence-electron chi connectivity index (χ2n) is 3.81.